The van der Waals surface area contributed by atoms with E-state index in [1.807, 2.05) is 12.2 Å². The van der Waals surface area contributed by atoms with Gasteiger partial charge < -0.3 is 24.8 Å². The second-order valence-electron chi connectivity index (χ2n) is 13.3. The molecule has 0 rings (SSSR count). The summed E-state index contributed by atoms with van der Waals surface area (Å²) in [4.78, 5) is 23.9. The van der Waals surface area contributed by atoms with Crippen LogP contribution in [-0.4, -0.2) is 58.8 Å². The minimum atomic E-state index is -1.07. The Balaban J connectivity index is 3.70. The largest absolute Gasteiger partial charge is 0.463 e. The maximum absolute atomic E-state index is 12.0. The van der Waals surface area contributed by atoms with Gasteiger partial charge in [0.1, 0.15) is 19.3 Å². The Morgan fingerprint density at radius 2 is 1.09 bits per heavy atom. The Morgan fingerprint density at radius 3 is 1.66 bits per heavy atom. The first-order chi connectivity index (χ1) is 22.8. The van der Waals surface area contributed by atoms with Gasteiger partial charge in [-0.3, -0.25) is 9.59 Å². The summed E-state index contributed by atoms with van der Waals surface area (Å²) in [6, 6.07) is 0. The van der Waals surface area contributed by atoms with E-state index < -0.39 is 24.3 Å². The average Bonchev–Trinajstić information content (AvgIpc) is 3.06. The van der Waals surface area contributed by atoms with Crippen LogP contribution in [-0.2, 0) is 19.1 Å². The topological polar surface area (TPSA) is 113 Å². The Kier molecular flexibility index (Phi) is 32.5. The van der Waals surface area contributed by atoms with Gasteiger partial charge in [-0.25, -0.2) is 0 Å². The molecule has 0 saturated heterocycles. The van der Waals surface area contributed by atoms with E-state index in [1.165, 1.54) is 77.0 Å². The van der Waals surface area contributed by atoms with Crippen LogP contribution in [0.15, 0.2) is 36.5 Å². The number of carbonyl (C=O) groups is 2. The highest BCUT2D eigenvalue weighted by Crippen LogP contribution is 2.16. The average molecular weight is 665 g/mol. The summed E-state index contributed by atoms with van der Waals surface area (Å²) < 4.78 is 10.2. The van der Waals surface area contributed by atoms with Gasteiger partial charge in [0.2, 0.25) is 0 Å². The monoisotopic (exact) mass is 665 g/mol. The number of unbranched alkanes of at least 4 members (excludes halogenated alkanes) is 12. The van der Waals surface area contributed by atoms with E-state index in [4.69, 9.17) is 9.47 Å². The van der Waals surface area contributed by atoms with Gasteiger partial charge in [0.05, 0.1) is 12.2 Å². The molecule has 0 radical (unpaired) electrons. The fourth-order valence-corrected chi connectivity index (χ4v) is 5.16. The van der Waals surface area contributed by atoms with E-state index in [1.54, 1.807) is 0 Å². The van der Waals surface area contributed by atoms with E-state index in [9.17, 15) is 24.9 Å². The standard InChI is InChI=1S/C40H72O7/c1-4-6-7-8-9-10-11-12-16-19-22-25-29-37(42)38(43)30-27-32-40(45)47-34-36(41)33-46-39(44)31-26-23-20-17-14-13-15-18-21-24-28-35(3)5-2/h9-10,12,16,22,25,35-38,41-43H,4-8,11,13-15,17-21,23-24,26-34H2,1-3H3/b10-9-,16-12-,25-22-/t35?,36-,37?,38?/m1/s1. The molecule has 0 amide bonds. The third kappa shape index (κ3) is 32.4. The lowest BCUT2D eigenvalue weighted by molar-refractivity contribution is -0.152. The molecular formula is C40H72O7. The van der Waals surface area contributed by atoms with Crippen LogP contribution in [0.5, 0.6) is 0 Å². The van der Waals surface area contributed by atoms with Crippen molar-refractivity contribution in [3.63, 3.8) is 0 Å². The Bertz CT molecular complexity index is 806. The van der Waals surface area contributed by atoms with Crippen LogP contribution < -0.4 is 0 Å². The summed E-state index contributed by atoms with van der Waals surface area (Å²) in [5.41, 5.74) is 0. The van der Waals surface area contributed by atoms with Gasteiger partial charge in [0.15, 0.2) is 0 Å². The van der Waals surface area contributed by atoms with E-state index >= 15 is 0 Å². The highest BCUT2D eigenvalue weighted by molar-refractivity contribution is 5.69. The summed E-state index contributed by atoms with van der Waals surface area (Å²) in [7, 11) is 0. The zero-order valence-electron chi connectivity index (χ0n) is 30.4. The number of hydrogen-bond donors (Lipinski definition) is 3. The number of ether oxygens (including phenoxy) is 2. The van der Waals surface area contributed by atoms with E-state index in [2.05, 4.69) is 45.1 Å². The van der Waals surface area contributed by atoms with Crippen LogP contribution in [0, 0.1) is 5.92 Å². The minimum absolute atomic E-state index is 0.0718. The van der Waals surface area contributed by atoms with Crippen LogP contribution in [0.4, 0.5) is 0 Å². The molecular weight excluding hydrogens is 592 g/mol. The first-order valence-electron chi connectivity index (χ1n) is 19.1. The smallest absolute Gasteiger partial charge is 0.305 e. The van der Waals surface area contributed by atoms with E-state index in [-0.39, 0.29) is 32.0 Å². The first-order valence-corrected chi connectivity index (χ1v) is 19.1. The number of aliphatic hydroxyl groups is 3. The summed E-state index contributed by atoms with van der Waals surface area (Å²) in [5, 5.41) is 30.3. The van der Waals surface area contributed by atoms with Gasteiger partial charge in [0.25, 0.3) is 0 Å². The van der Waals surface area contributed by atoms with Crippen molar-refractivity contribution >= 4 is 11.9 Å². The van der Waals surface area contributed by atoms with Crippen LogP contribution in [0.1, 0.15) is 168 Å². The van der Waals surface area contributed by atoms with Crippen molar-refractivity contribution in [1.29, 1.82) is 0 Å². The van der Waals surface area contributed by atoms with E-state index in [0.717, 1.165) is 44.4 Å². The number of allylic oxidation sites excluding steroid dienone is 5. The molecule has 0 fully saturated rings. The predicted molar refractivity (Wildman–Crippen MR) is 194 cm³/mol. The maximum atomic E-state index is 12.0. The van der Waals surface area contributed by atoms with Gasteiger partial charge in [0, 0.05) is 12.8 Å². The Hall–Kier alpha value is -1.96. The lowest BCUT2D eigenvalue weighted by Crippen LogP contribution is -2.26. The van der Waals surface area contributed by atoms with Crippen molar-refractivity contribution in [3.8, 4) is 0 Å². The van der Waals surface area contributed by atoms with Gasteiger partial charge >= 0.3 is 11.9 Å². The van der Waals surface area contributed by atoms with E-state index in [0.29, 0.717) is 19.3 Å². The lowest BCUT2D eigenvalue weighted by atomic mass is 9.99. The van der Waals surface area contributed by atoms with Crippen molar-refractivity contribution < 1.29 is 34.4 Å². The van der Waals surface area contributed by atoms with Gasteiger partial charge in [-0.15, -0.1) is 0 Å². The molecule has 7 heteroatoms. The summed E-state index contributed by atoms with van der Waals surface area (Å²) in [6.45, 7) is 6.37. The minimum Gasteiger partial charge on any atom is -0.463 e. The molecule has 0 aromatic heterocycles. The normalized spacial score (nSPS) is 14.6. The zero-order chi connectivity index (χ0) is 34.8. The highest BCUT2D eigenvalue weighted by atomic mass is 16.6. The third-order valence-corrected chi connectivity index (χ3v) is 8.62. The molecule has 0 heterocycles. The van der Waals surface area contributed by atoms with Crippen molar-refractivity contribution in [2.45, 2.75) is 187 Å². The molecule has 4 atom stereocenters. The number of aliphatic hydroxyl groups excluding tert-OH is 3. The van der Waals surface area contributed by atoms with Crippen molar-refractivity contribution in [2.24, 2.45) is 5.92 Å². The fourth-order valence-electron chi connectivity index (χ4n) is 5.16. The van der Waals surface area contributed by atoms with Crippen LogP contribution >= 0.6 is 0 Å². The quantitative estimate of drug-likeness (QED) is 0.0364. The Morgan fingerprint density at radius 1 is 0.574 bits per heavy atom. The van der Waals surface area contributed by atoms with Crippen LogP contribution in [0.3, 0.4) is 0 Å². The molecule has 0 aromatic rings. The third-order valence-electron chi connectivity index (χ3n) is 8.62. The molecule has 7 nitrogen and oxygen atoms in total. The number of hydrogen-bond acceptors (Lipinski definition) is 7. The molecule has 0 spiro atoms. The van der Waals surface area contributed by atoms with Crippen LogP contribution in [0.2, 0.25) is 0 Å². The second-order valence-corrected chi connectivity index (χ2v) is 13.3. The van der Waals surface area contributed by atoms with Gasteiger partial charge in [-0.05, 0) is 57.3 Å². The summed E-state index contributed by atoms with van der Waals surface area (Å²) in [6.07, 6.45) is 32.3. The molecule has 0 saturated carbocycles. The molecule has 274 valence electrons. The van der Waals surface area contributed by atoms with Crippen molar-refractivity contribution in [3.05, 3.63) is 36.5 Å². The second kappa shape index (κ2) is 33.9. The first kappa shape index (κ1) is 45.0. The maximum Gasteiger partial charge on any atom is 0.305 e. The number of esters is 2. The Labute approximate surface area is 288 Å². The fraction of sp³-hybridized carbons (Fsp3) is 0.800. The lowest BCUT2D eigenvalue weighted by Gasteiger charge is -2.16. The molecule has 0 aliphatic rings. The SMILES string of the molecule is CCCCC/C=C\C/C=C\C/C=C\CC(O)C(O)CCCC(=O)OC[C@H](O)COC(=O)CCCCCCCCCCCCC(C)CC. The molecule has 3 N–H and O–H groups in total. The predicted octanol–water partition coefficient (Wildman–Crippen LogP) is 9.47. The summed E-state index contributed by atoms with van der Waals surface area (Å²) >= 11 is 0. The molecule has 0 aliphatic heterocycles. The molecule has 3 unspecified atom stereocenters. The highest BCUT2D eigenvalue weighted by Gasteiger charge is 2.16. The molecule has 47 heavy (non-hydrogen) atoms. The number of carbonyl (C=O) groups excluding carboxylic acids is 2. The molecule has 0 bridgehead atoms. The van der Waals surface area contributed by atoms with Crippen molar-refractivity contribution in [1.82, 2.24) is 0 Å². The zero-order valence-corrected chi connectivity index (χ0v) is 30.4. The molecule has 0 aliphatic carbocycles. The van der Waals surface area contributed by atoms with Gasteiger partial charge in [-0.2, -0.15) is 0 Å². The van der Waals surface area contributed by atoms with Gasteiger partial charge in [-0.1, -0.05) is 141 Å². The summed E-state index contributed by atoms with van der Waals surface area (Å²) in [5.74, 6) is 0.0235. The molecule has 0 aromatic carbocycles. The van der Waals surface area contributed by atoms with Crippen LogP contribution in [0.25, 0.3) is 0 Å². The van der Waals surface area contributed by atoms with Crippen molar-refractivity contribution in [2.75, 3.05) is 13.2 Å². The number of rotatable bonds is 33.